The quantitative estimate of drug-likeness (QED) is 0.767. The maximum atomic E-state index is 6.45. The van der Waals surface area contributed by atoms with Gasteiger partial charge >= 0.3 is 0 Å². The van der Waals surface area contributed by atoms with Gasteiger partial charge in [-0.05, 0) is 45.2 Å². The van der Waals surface area contributed by atoms with Crippen molar-refractivity contribution < 1.29 is 4.74 Å². The number of likely N-dealkylation sites (N-methyl/N-ethyl adjacent to an activating group) is 1. The van der Waals surface area contributed by atoms with Crippen molar-refractivity contribution in [2.24, 2.45) is 0 Å². The fourth-order valence-electron chi connectivity index (χ4n) is 4.73. The summed E-state index contributed by atoms with van der Waals surface area (Å²) in [7, 11) is 2.29. The zero-order chi connectivity index (χ0) is 13.8. The summed E-state index contributed by atoms with van der Waals surface area (Å²) in [6.07, 6.45) is 7.66. The lowest BCUT2D eigenvalue weighted by atomic mass is 9.70. The number of likely N-dealkylation sites (tertiary alicyclic amines) is 1. The van der Waals surface area contributed by atoms with Crippen molar-refractivity contribution in [1.29, 1.82) is 0 Å². The van der Waals surface area contributed by atoms with Gasteiger partial charge in [0, 0.05) is 12.6 Å². The molecule has 0 aromatic heterocycles. The summed E-state index contributed by atoms with van der Waals surface area (Å²) in [5.41, 5.74) is 3.24. The van der Waals surface area contributed by atoms with Crippen molar-refractivity contribution in [3.63, 3.8) is 0 Å². The molecule has 1 aromatic carbocycles. The predicted molar refractivity (Wildman–Crippen MR) is 80.9 cm³/mol. The summed E-state index contributed by atoms with van der Waals surface area (Å²) >= 11 is 0. The van der Waals surface area contributed by atoms with E-state index in [-0.39, 0.29) is 11.2 Å². The van der Waals surface area contributed by atoms with Crippen molar-refractivity contribution in [3.05, 3.63) is 35.4 Å². The van der Waals surface area contributed by atoms with Gasteiger partial charge in [0.2, 0.25) is 0 Å². The molecule has 1 aliphatic carbocycles. The molecule has 0 spiro atoms. The summed E-state index contributed by atoms with van der Waals surface area (Å²) < 4.78 is 6.45. The molecule has 2 nitrogen and oxygen atoms in total. The fourth-order valence-corrected chi connectivity index (χ4v) is 4.73. The molecule has 1 aromatic rings. The molecule has 2 heterocycles. The van der Waals surface area contributed by atoms with E-state index in [0.717, 1.165) is 6.42 Å². The van der Waals surface area contributed by atoms with Gasteiger partial charge in [-0.25, -0.2) is 0 Å². The smallest absolute Gasteiger partial charge is 0.114 e. The van der Waals surface area contributed by atoms with Crippen LogP contribution in [0.25, 0.3) is 0 Å². The van der Waals surface area contributed by atoms with Crippen LogP contribution in [0.5, 0.6) is 0 Å². The maximum absolute atomic E-state index is 6.45. The molecular formula is C18H25NO. The number of aryl methyl sites for hydroxylation is 1. The third-order valence-corrected chi connectivity index (χ3v) is 5.97. The first-order valence-corrected chi connectivity index (χ1v) is 8.11. The van der Waals surface area contributed by atoms with Crippen LogP contribution in [0.1, 0.15) is 43.2 Å². The standard InChI is InChI=1S/C18H25NO/c1-14-5-7-15(8-6-14)13-16-18-10-4-3-9-17(18,20-18)11-12-19(16)2/h5-8,16H,3-4,9-13H2,1-2H3/t16-,17-,18+/m0/s1. The first-order valence-electron chi connectivity index (χ1n) is 8.11. The summed E-state index contributed by atoms with van der Waals surface area (Å²) in [5, 5.41) is 0. The van der Waals surface area contributed by atoms with Crippen LogP contribution in [0.4, 0.5) is 0 Å². The van der Waals surface area contributed by atoms with Crippen LogP contribution in [0, 0.1) is 6.92 Å². The van der Waals surface area contributed by atoms with Crippen molar-refractivity contribution in [2.45, 2.75) is 62.7 Å². The van der Waals surface area contributed by atoms with Gasteiger partial charge in [0.1, 0.15) is 11.2 Å². The summed E-state index contributed by atoms with van der Waals surface area (Å²) in [6, 6.07) is 9.62. The Balaban J connectivity index is 1.60. The Morgan fingerprint density at radius 1 is 1.15 bits per heavy atom. The van der Waals surface area contributed by atoms with Gasteiger partial charge in [0.05, 0.1) is 0 Å². The molecule has 0 radical (unpaired) electrons. The number of rotatable bonds is 2. The van der Waals surface area contributed by atoms with E-state index in [0.29, 0.717) is 6.04 Å². The fraction of sp³-hybridized carbons (Fsp3) is 0.667. The molecule has 2 aliphatic heterocycles. The molecule has 0 bridgehead atoms. The van der Waals surface area contributed by atoms with Crippen LogP contribution >= 0.6 is 0 Å². The van der Waals surface area contributed by atoms with E-state index in [9.17, 15) is 0 Å². The minimum Gasteiger partial charge on any atom is -0.361 e. The van der Waals surface area contributed by atoms with Crippen molar-refractivity contribution in [2.75, 3.05) is 13.6 Å². The number of epoxide rings is 1. The second-order valence-corrected chi connectivity index (χ2v) is 7.13. The zero-order valence-corrected chi connectivity index (χ0v) is 12.7. The molecule has 0 amide bonds. The van der Waals surface area contributed by atoms with Crippen molar-refractivity contribution in [3.8, 4) is 0 Å². The Morgan fingerprint density at radius 3 is 2.70 bits per heavy atom. The minimum absolute atomic E-state index is 0.184. The highest BCUT2D eigenvalue weighted by Gasteiger charge is 2.75. The molecule has 3 fully saturated rings. The summed E-state index contributed by atoms with van der Waals surface area (Å²) in [6.45, 7) is 3.35. The molecule has 0 unspecified atom stereocenters. The van der Waals surface area contributed by atoms with E-state index < -0.39 is 0 Å². The van der Waals surface area contributed by atoms with E-state index in [1.165, 1.54) is 49.8 Å². The second-order valence-electron chi connectivity index (χ2n) is 7.13. The van der Waals surface area contributed by atoms with Crippen LogP contribution in [0.3, 0.4) is 0 Å². The lowest BCUT2D eigenvalue weighted by Crippen LogP contribution is -2.55. The van der Waals surface area contributed by atoms with E-state index in [1.807, 2.05) is 0 Å². The number of hydrogen-bond acceptors (Lipinski definition) is 2. The minimum atomic E-state index is 0.184. The van der Waals surface area contributed by atoms with Crippen LogP contribution in [-0.2, 0) is 11.2 Å². The Labute approximate surface area is 122 Å². The summed E-state index contributed by atoms with van der Waals surface area (Å²) in [5.74, 6) is 0. The van der Waals surface area contributed by atoms with Crippen LogP contribution in [0.2, 0.25) is 0 Å². The van der Waals surface area contributed by atoms with Gasteiger partial charge < -0.3 is 4.74 Å². The first kappa shape index (κ1) is 12.8. The molecule has 20 heavy (non-hydrogen) atoms. The number of benzene rings is 1. The first-order chi connectivity index (χ1) is 9.65. The number of ether oxygens (including phenoxy) is 1. The van der Waals surface area contributed by atoms with Gasteiger partial charge in [0.15, 0.2) is 0 Å². The Bertz CT molecular complexity index is 511. The molecule has 3 atom stereocenters. The van der Waals surface area contributed by atoms with Gasteiger partial charge in [-0.3, -0.25) is 4.90 Å². The van der Waals surface area contributed by atoms with E-state index in [1.54, 1.807) is 0 Å². The van der Waals surface area contributed by atoms with Crippen molar-refractivity contribution >= 4 is 0 Å². The number of hydrogen-bond donors (Lipinski definition) is 0. The molecule has 2 saturated heterocycles. The van der Waals surface area contributed by atoms with E-state index in [2.05, 4.69) is 43.1 Å². The van der Waals surface area contributed by atoms with Gasteiger partial charge in [-0.2, -0.15) is 0 Å². The van der Waals surface area contributed by atoms with Crippen molar-refractivity contribution in [1.82, 2.24) is 4.90 Å². The third kappa shape index (κ3) is 1.71. The molecule has 108 valence electrons. The van der Waals surface area contributed by atoms with Crippen LogP contribution in [0.15, 0.2) is 24.3 Å². The highest BCUT2D eigenvalue weighted by molar-refractivity contribution is 5.29. The SMILES string of the molecule is Cc1ccc(C[C@@H]2N(C)CC[C@@]34CCCC[C@@]23O4)cc1. The van der Waals surface area contributed by atoms with E-state index >= 15 is 0 Å². The van der Waals surface area contributed by atoms with Crippen LogP contribution in [-0.4, -0.2) is 35.7 Å². The average molecular weight is 271 g/mol. The molecule has 1 saturated carbocycles. The lowest BCUT2D eigenvalue weighted by Gasteiger charge is -2.42. The predicted octanol–water partition coefficient (Wildman–Crippen LogP) is 3.32. The van der Waals surface area contributed by atoms with E-state index in [4.69, 9.17) is 4.74 Å². The zero-order valence-electron chi connectivity index (χ0n) is 12.7. The molecular weight excluding hydrogens is 246 g/mol. The Morgan fingerprint density at radius 2 is 1.90 bits per heavy atom. The van der Waals surface area contributed by atoms with Gasteiger partial charge in [0.25, 0.3) is 0 Å². The van der Waals surface area contributed by atoms with Crippen LogP contribution < -0.4 is 0 Å². The molecule has 4 rings (SSSR count). The monoisotopic (exact) mass is 271 g/mol. The number of nitrogens with zero attached hydrogens (tertiary/aromatic N) is 1. The highest BCUT2D eigenvalue weighted by Crippen LogP contribution is 2.64. The normalized spacial score (nSPS) is 40.0. The Kier molecular flexibility index (Phi) is 2.77. The average Bonchev–Trinajstić information content (AvgIpc) is 3.15. The maximum Gasteiger partial charge on any atom is 0.114 e. The molecule has 2 heteroatoms. The van der Waals surface area contributed by atoms with Gasteiger partial charge in [-0.15, -0.1) is 0 Å². The third-order valence-electron chi connectivity index (χ3n) is 5.97. The largest absolute Gasteiger partial charge is 0.361 e. The lowest BCUT2D eigenvalue weighted by molar-refractivity contribution is 0.105. The summed E-state index contributed by atoms with van der Waals surface area (Å²) in [4.78, 5) is 2.55. The topological polar surface area (TPSA) is 15.8 Å². The second kappa shape index (κ2) is 4.32. The van der Waals surface area contributed by atoms with Gasteiger partial charge in [-0.1, -0.05) is 42.7 Å². The highest BCUT2D eigenvalue weighted by atomic mass is 16.6. The Hall–Kier alpha value is -0.860. The number of piperidine rings is 1. The molecule has 3 aliphatic rings. The molecule has 0 N–H and O–H groups in total.